The van der Waals surface area contributed by atoms with Crippen molar-refractivity contribution >= 4 is 28.3 Å². The standard InChI is InChI=1S/C6H5F3N2S2/c7-4(5(8)9)1-2-11-6(12)13-3-10/h1-2H2,(H,11,12). The van der Waals surface area contributed by atoms with E-state index in [0.29, 0.717) is 11.8 Å². The normalized spacial score (nSPS) is 8.77. The number of thiocyanates is 1. The molecule has 0 heterocycles. The largest absolute Gasteiger partial charge is 0.370 e. The summed E-state index contributed by atoms with van der Waals surface area (Å²) in [6.45, 7) is -0.0450. The molecule has 0 radical (unpaired) electrons. The maximum absolute atomic E-state index is 12.1. The first-order chi connectivity index (χ1) is 6.07. The van der Waals surface area contributed by atoms with E-state index < -0.39 is 18.3 Å². The molecular weight excluding hydrogens is 221 g/mol. The summed E-state index contributed by atoms with van der Waals surface area (Å²) in [5.74, 6) is -1.46. The van der Waals surface area contributed by atoms with Crippen molar-refractivity contribution in [3.63, 3.8) is 0 Å². The zero-order valence-corrected chi connectivity index (χ0v) is 7.94. The van der Waals surface area contributed by atoms with Gasteiger partial charge in [0.1, 0.15) is 9.72 Å². The molecule has 0 rings (SSSR count). The van der Waals surface area contributed by atoms with Crippen LogP contribution in [0, 0.1) is 10.7 Å². The van der Waals surface area contributed by atoms with E-state index in [9.17, 15) is 13.2 Å². The number of nitrogens with zero attached hydrogens (tertiary/aromatic N) is 1. The maximum atomic E-state index is 12.1. The molecule has 72 valence electrons. The fourth-order valence-electron chi connectivity index (χ4n) is 0.446. The predicted molar refractivity (Wildman–Crippen MR) is 48.8 cm³/mol. The minimum atomic E-state index is -2.32. The van der Waals surface area contributed by atoms with Crippen molar-refractivity contribution in [2.24, 2.45) is 0 Å². The molecule has 2 nitrogen and oxygen atoms in total. The Hall–Kier alpha value is -0.740. The Morgan fingerprint density at radius 2 is 2.08 bits per heavy atom. The molecule has 1 N–H and O–H groups in total. The van der Waals surface area contributed by atoms with Gasteiger partial charge in [-0.2, -0.15) is 14.0 Å². The quantitative estimate of drug-likeness (QED) is 0.592. The van der Waals surface area contributed by atoms with Gasteiger partial charge in [0.2, 0.25) is 0 Å². The molecule has 0 amide bonds. The van der Waals surface area contributed by atoms with Crippen LogP contribution in [-0.2, 0) is 0 Å². The summed E-state index contributed by atoms with van der Waals surface area (Å²) >= 11 is 5.27. The molecule has 0 bridgehead atoms. The topological polar surface area (TPSA) is 35.8 Å². The zero-order valence-electron chi connectivity index (χ0n) is 6.31. The van der Waals surface area contributed by atoms with Crippen LogP contribution >= 0.6 is 24.0 Å². The Balaban J connectivity index is 3.64. The number of hydrogen-bond acceptors (Lipinski definition) is 3. The molecule has 0 aromatic heterocycles. The second-order valence-electron chi connectivity index (χ2n) is 1.82. The molecule has 0 aliphatic rings. The smallest absolute Gasteiger partial charge is 0.301 e. The zero-order chi connectivity index (χ0) is 10.3. The first-order valence-corrected chi connectivity index (χ1v) is 4.33. The summed E-state index contributed by atoms with van der Waals surface area (Å²) in [5, 5.41) is 12.2. The molecule has 0 saturated heterocycles. The molecule has 13 heavy (non-hydrogen) atoms. The van der Waals surface area contributed by atoms with E-state index in [4.69, 9.17) is 5.26 Å². The Morgan fingerprint density at radius 3 is 2.54 bits per heavy atom. The third kappa shape index (κ3) is 6.42. The van der Waals surface area contributed by atoms with Gasteiger partial charge in [-0.05, 0) is 0 Å². The summed E-state index contributed by atoms with van der Waals surface area (Å²) in [7, 11) is 0. The highest BCUT2D eigenvalue weighted by atomic mass is 32.2. The fourth-order valence-corrected chi connectivity index (χ4v) is 0.917. The van der Waals surface area contributed by atoms with E-state index in [2.05, 4.69) is 17.5 Å². The van der Waals surface area contributed by atoms with Crippen molar-refractivity contribution in [3.8, 4) is 5.40 Å². The van der Waals surface area contributed by atoms with Gasteiger partial charge in [-0.25, -0.2) is 4.39 Å². The predicted octanol–water partition coefficient (Wildman–Crippen LogP) is 2.54. The second kappa shape index (κ2) is 6.74. The third-order valence-electron chi connectivity index (χ3n) is 0.957. The maximum Gasteiger partial charge on any atom is 0.301 e. The van der Waals surface area contributed by atoms with Crippen LogP contribution in [0.5, 0.6) is 0 Å². The van der Waals surface area contributed by atoms with Crippen molar-refractivity contribution in [2.45, 2.75) is 6.42 Å². The van der Waals surface area contributed by atoms with E-state index in [0.717, 1.165) is 0 Å². The average Bonchev–Trinajstić information content (AvgIpc) is 2.04. The number of rotatable bonds is 3. The molecule has 0 aromatic carbocycles. The van der Waals surface area contributed by atoms with Crippen molar-refractivity contribution in [2.75, 3.05) is 6.54 Å². The highest BCUT2D eigenvalue weighted by molar-refractivity contribution is 8.25. The number of nitriles is 1. The molecule has 0 spiro atoms. The van der Waals surface area contributed by atoms with Crippen LogP contribution in [-0.4, -0.2) is 10.9 Å². The molecule has 0 atom stereocenters. The number of thioether (sulfide) groups is 1. The van der Waals surface area contributed by atoms with E-state index in [1.807, 2.05) is 0 Å². The highest BCUT2D eigenvalue weighted by Crippen LogP contribution is 2.12. The first-order valence-electron chi connectivity index (χ1n) is 3.11. The Bertz CT molecular complexity index is 255. The molecule has 7 heteroatoms. The van der Waals surface area contributed by atoms with Crippen LogP contribution < -0.4 is 5.32 Å². The van der Waals surface area contributed by atoms with Gasteiger partial charge in [0.25, 0.3) is 0 Å². The van der Waals surface area contributed by atoms with Crippen LogP contribution in [0.15, 0.2) is 11.9 Å². The molecule has 0 saturated carbocycles. The third-order valence-corrected chi connectivity index (χ3v) is 1.77. The van der Waals surface area contributed by atoms with Crippen molar-refractivity contribution in [1.82, 2.24) is 5.32 Å². The molecule has 0 aliphatic heterocycles. The summed E-state index contributed by atoms with van der Waals surface area (Å²) < 4.78 is 35.3. The number of hydrogen-bond donors (Lipinski definition) is 1. The summed E-state index contributed by atoms with van der Waals surface area (Å²) in [4.78, 5) is 0. The molecule has 0 aromatic rings. The Kier molecular flexibility index (Phi) is 6.36. The minimum absolute atomic E-state index is 0.0450. The first kappa shape index (κ1) is 12.3. The monoisotopic (exact) mass is 226 g/mol. The second-order valence-corrected chi connectivity index (χ2v) is 3.28. The average molecular weight is 226 g/mol. The lowest BCUT2D eigenvalue weighted by molar-refractivity contribution is 0.370. The van der Waals surface area contributed by atoms with Crippen molar-refractivity contribution in [3.05, 3.63) is 11.9 Å². The number of nitrogens with one attached hydrogen (secondary N) is 1. The number of thiocarbonyl (C=S) groups is 1. The fraction of sp³-hybridized carbons (Fsp3) is 0.333. The minimum Gasteiger partial charge on any atom is -0.370 e. The van der Waals surface area contributed by atoms with E-state index in [1.54, 1.807) is 5.40 Å². The van der Waals surface area contributed by atoms with Crippen LogP contribution in [0.3, 0.4) is 0 Å². The van der Waals surface area contributed by atoms with Gasteiger partial charge >= 0.3 is 6.08 Å². The van der Waals surface area contributed by atoms with E-state index in [-0.39, 0.29) is 10.9 Å². The Labute approximate surface area is 82.8 Å². The lowest BCUT2D eigenvalue weighted by Gasteiger charge is -2.01. The van der Waals surface area contributed by atoms with Crippen LogP contribution in [0.1, 0.15) is 6.42 Å². The molecular formula is C6H5F3N2S2. The van der Waals surface area contributed by atoms with E-state index in [1.165, 1.54) is 0 Å². The summed E-state index contributed by atoms with van der Waals surface area (Å²) in [6, 6.07) is 0. The van der Waals surface area contributed by atoms with E-state index >= 15 is 0 Å². The van der Waals surface area contributed by atoms with Gasteiger partial charge in [-0.3, -0.25) is 0 Å². The number of halogens is 3. The van der Waals surface area contributed by atoms with Gasteiger partial charge < -0.3 is 5.32 Å². The van der Waals surface area contributed by atoms with Crippen LogP contribution in [0.4, 0.5) is 13.2 Å². The molecule has 0 fully saturated rings. The van der Waals surface area contributed by atoms with Crippen LogP contribution in [0.25, 0.3) is 0 Å². The lowest BCUT2D eigenvalue weighted by Crippen LogP contribution is -2.19. The van der Waals surface area contributed by atoms with Gasteiger partial charge in [-0.15, -0.1) is 0 Å². The highest BCUT2D eigenvalue weighted by Gasteiger charge is 2.04. The van der Waals surface area contributed by atoms with Crippen molar-refractivity contribution < 1.29 is 13.2 Å². The molecule has 0 aliphatic carbocycles. The van der Waals surface area contributed by atoms with Gasteiger partial charge in [0.05, 0.1) is 0 Å². The summed E-state index contributed by atoms with van der Waals surface area (Å²) in [5.41, 5.74) is 0. The Morgan fingerprint density at radius 1 is 1.46 bits per heavy atom. The molecule has 0 unspecified atom stereocenters. The SMILES string of the molecule is N#CSC(=S)NCCC(F)=C(F)F. The van der Waals surface area contributed by atoms with Crippen LogP contribution in [0.2, 0.25) is 0 Å². The van der Waals surface area contributed by atoms with Gasteiger partial charge in [0.15, 0.2) is 5.83 Å². The summed E-state index contributed by atoms with van der Waals surface area (Å²) in [6.07, 6.45) is -2.75. The lowest BCUT2D eigenvalue weighted by atomic mass is 10.4. The van der Waals surface area contributed by atoms with Crippen molar-refractivity contribution in [1.29, 1.82) is 5.26 Å². The van der Waals surface area contributed by atoms with Gasteiger partial charge in [-0.1, -0.05) is 12.2 Å². The van der Waals surface area contributed by atoms with Gasteiger partial charge in [0, 0.05) is 24.7 Å².